The van der Waals surface area contributed by atoms with Crippen molar-refractivity contribution in [1.29, 1.82) is 0 Å². The summed E-state index contributed by atoms with van der Waals surface area (Å²) in [6.07, 6.45) is -1.00. The highest BCUT2D eigenvalue weighted by Crippen LogP contribution is 1.78. The van der Waals surface area contributed by atoms with Crippen LogP contribution in [-0.4, -0.2) is 27.3 Å². The van der Waals surface area contributed by atoms with Crippen LogP contribution in [0.3, 0.4) is 0 Å². The first-order chi connectivity index (χ1) is 4.54. The minimum atomic E-state index is -1.83. The van der Waals surface area contributed by atoms with Crippen molar-refractivity contribution in [2.24, 2.45) is 5.16 Å². The molecule has 0 heterocycles. The Hall–Kier alpha value is -1.26. The van der Waals surface area contributed by atoms with Gasteiger partial charge in [-0.2, -0.15) is 0 Å². The molecule has 0 aromatic heterocycles. The molecule has 0 saturated carbocycles. The van der Waals surface area contributed by atoms with Crippen LogP contribution >= 0.6 is 0 Å². The first-order valence-electron chi connectivity index (χ1n) is 2.64. The van der Waals surface area contributed by atoms with Gasteiger partial charge in [0.2, 0.25) is 0 Å². The maximum Gasteiger partial charge on any atom is 0.503 e. The average Bonchev–Trinajstić information content (AvgIpc) is 1.85. The smallest absolute Gasteiger partial charge is 0.450 e. The molecular weight excluding hydrogens is 138 g/mol. The lowest BCUT2D eigenvalue weighted by Crippen LogP contribution is -1.83. The van der Waals surface area contributed by atoms with E-state index in [-0.39, 0.29) is 0 Å². The van der Waals surface area contributed by atoms with Gasteiger partial charge in [0.15, 0.2) is 0 Å². The molecule has 0 aliphatic carbocycles. The predicted octanol–water partition coefficient (Wildman–Crippen LogP) is 1.47. The molecule has 5 heteroatoms. The van der Waals surface area contributed by atoms with E-state index in [1.807, 2.05) is 6.92 Å². The summed E-state index contributed by atoms with van der Waals surface area (Å²) in [5.74, 6) is 0. The van der Waals surface area contributed by atoms with Crippen LogP contribution in [0.5, 0.6) is 0 Å². The molecule has 0 unspecified atom stereocenters. The van der Waals surface area contributed by atoms with Crippen LogP contribution in [0.1, 0.15) is 20.3 Å². The molecule has 0 amide bonds. The van der Waals surface area contributed by atoms with Crippen molar-refractivity contribution in [2.75, 3.05) is 0 Å². The Morgan fingerprint density at radius 3 is 1.80 bits per heavy atom. The summed E-state index contributed by atoms with van der Waals surface area (Å²) in [5, 5.41) is 24.8. The van der Waals surface area contributed by atoms with Crippen LogP contribution in [0.2, 0.25) is 0 Å². The fraction of sp³-hybridized carbons (Fsp3) is 0.600. The quantitative estimate of drug-likeness (QED) is 0.299. The van der Waals surface area contributed by atoms with Crippen molar-refractivity contribution in [2.45, 2.75) is 20.3 Å². The van der Waals surface area contributed by atoms with E-state index in [1.165, 1.54) is 0 Å². The summed E-state index contributed by atoms with van der Waals surface area (Å²) in [7, 11) is 0. The number of carbonyl (C=O) groups is 1. The summed E-state index contributed by atoms with van der Waals surface area (Å²) in [6, 6.07) is 0. The number of nitrogens with zero attached hydrogens (tertiary/aromatic N) is 1. The number of hydrogen-bond donors (Lipinski definition) is 3. The van der Waals surface area contributed by atoms with Gasteiger partial charge in [0.1, 0.15) is 0 Å². The second-order valence-electron chi connectivity index (χ2n) is 1.47. The Labute approximate surface area is 58.6 Å². The van der Waals surface area contributed by atoms with Crippen molar-refractivity contribution in [3.8, 4) is 0 Å². The van der Waals surface area contributed by atoms with Crippen LogP contribution in [0, 0.1) is 0 Å². The largest absolute Gasteiger partial charge is 0.503 e. The highest BCUT2D eigenvalue weighted by atomic mass is 16.6. The summed E-state index contributed by atoms with van der Waals surface area (Å²) < 4.78 is 0. The van der Waals surface area contributed by atoms with Crippen LogP contribution in [0.25, 0.3) is 0 Å². The maximum absolute atomic E-state index is 8.56. The van der Waals surface area contributed by atoms with E-state index < -0.39 is 6.16 Å². The molecule has 0 aromatic carbocycles. The van der Waals surface area contributed by atoms with Crippen LogP contribution in [0.15, 0.2) is 5.16 Å². The summed E-state index contributed by atoms with van der Waals surface area (Å²) >= 11 is 0. The van der Waals surface area contributed by atoms with Crippen molar-refractivity contribution in [3.63, 3.8) is 0 Å². The lowest BCUT2D eigenvalue weighted by molar-refractivity contribution is 0.137. The molecule has 0 fully saturated rings. The van der Waals surface area contributed by atoms with E-state index in [2.05, 4.69) is 5.16 Å². The standard InChI is InChI=1S/C4H9NO.CH2O3/c1-3-4(2)5-6;2-1(3)4/h6H,3H2,1-2H3;(H2,2,3,4). The average molecular weight is 149 g/mol. The second-order valence-corrected chi connectivity index (χ2v) is 1.47. The van der Waals surface area contributed by atoms with E-state index in [0.717, 1.165) is 12.1 Å². The maximum atomic E-state index is 8.56. The van der Waals surface area contributed by atoms with Gasteiger partial charge < -0.3 is 15.4 Å². The molecule has 5 nitrogen and oxygen atoms in total. The number of carboxylic acid groups (broad SMARTS) is 2. The predicted molar refractivity (Wildman–Crippen MR) is 35.8 cm³/mol. The van der Waals surface area contributed by atoms with Gasteiger partial charge in [-0.25, -0.2) is 4.79 Å². The molecule has 3 N–H and O–H groups in total. The Kier molecular flexibility index (Phi) is 8.92. The molecule has 60 valence electrons. The van der Waals surface area contributed by atoms with Crippen LogP contribution in [0.4, 0.5) is 4.79 Å². The van der Waals surface area contributed by atoms with E-state index in [1.54, 1.807) is 6.92 Å². The van der Waals surface area contributed by atoms with Gasteiger partial charge in [0.25, 0.3) is 0 Å². The SMILES string of the molecule is CCC(C)=NO.O=C(O)O. The molecule has 0 spiro atoms. The zero-order valence-corrected chi connectivity index (χ0v) is 5.90. The molecule has 0 aliphatic heterocycles. The first-order valence-corrected chi connectivity index (χ1v) is 2.64. The summed E-state index contributed by atoms with van der Waals surface area (Å²) in [5.41, 5.74) is 0.773. The topological polar surface area (TPSA) is 90.1 Å². The minimum Gasteiger partial charge on any atom is -0.450 e. The zero-order valence-electron chi connectivity index (χ0n) is 5.90. The molecule has 10 heavy (non-hydrogen) atoms. The third kappa shape index (κ3) is 29.6. The third-order valence-corrected chi connectivity index (χ3v) is 0.682. The molecule has 0 aromatic rings. The van der Waals surface area contributed by atoms with Gasteiger partial charge in [-0.1, -0.05) is 12.1 Å². The highest BCUT2D eigenvalue weighted by molar-refractivity contribution is 5.80. The van der Waals surface area contributed by atoms with Gasteiger partial charge in [-0.05, 0) is 13.3 Å². The van der Waals surface area contributed by atoms with Crippen molar-refractivity contribution < 1.29 is 20.2 Å². The minimum absolute atomic E-state index is 0.773. The van der Waals surface area contributed by atoms with Gasteiger partial charge in [-0.3, -0.25) is 0 Å². The van der Waals surface area contributed by atoms with Crippen molar-refractivity contribution >= 4 is 11.9 Å². The molecule has 0 saturated heterocycles. The number of rotatable bonds is 1. The van der Waals surface area contributed by atoms with Crippen LogP contribution < -0.4 is 0 Å². The molecular formula is C5H11NO4. The first kappa shape index (κ1) is 11.5. The van der Waals surface area contributed by atoms with Gasteiger partial charge in [0, 0.05) is 0 Å². The zero-order chi connectivity index (χ0) is 8.57. The van der Waals surface area contributed by atoms with Crippen molar-refractivity contribution in [3.05, 3.63) is 0 Å². The fourth-order valence-electron chi connectivity index (χ4n) is 0.0707. The number of hydrogen-bond acceptors (Lipinski definition) is 3. The molecule has 0 atom stereocenters. The third-order valence-electron chi connectivity index (χ3n) is 0.682. The van der Waals surface area contributed by atoms with Crippen LogP contribution in [-0.2, 0) is 0 Å². The van der Waals surface area contributed by atoms with E-state index in [4.69, 9.17) is 20.2 Å². The molecule has 0 aliphatic rings. The van der Waals surface area contributed by atoms with E-state index in [0.29, 0.717) is 0 Å². The Bertz CT molecular complexity index is 117. The highest BCUT2D eigenvalue weighted by Gasteiger charge is 1.77. The van der Waals surface area contributed by atoms with E-state index >= 15 is 0 Å². The van der Waals surface area contributed by atoms with E-state index in [9.17, 15) is 0 Å². The summed E-state index contributed by atoms with van der Waals surface area (Å²) in [4.78, 5) is 8.56. The fourth-order valence-corrected chi connectivity index (χ4v) is 0.0707. The molecule has 0 rings (SSSR count). The Morgan fingerprint density at radius 1 is 1.50 bits per heavy atom. The lowest BCUT2D eigenvalue weighted by atomic mass is 10.3. The molecule has 0 radical (unpaired) electrons. The van der Waals surface area contributed by atoms with Gasteiger partial charge >= 0.3 is 6.16 Å². The van der Waals surface area contributed by atoms with Gasteiger partial charge in [-0.15, -0.1) is 0 Å². The Morgan fingerprint density at radius 2 is 1.80 bits per heavy atom. The van der Waals surface area contributed by atoms with Crippen molar-refractivity contribution in [1.82, 2.24) is 0 Å². The number of oxime groups is 1. The summed E-state index contributed by atoms with van der Waals surface area (Å²) in [6.45, 7) is 3.72. The second kappa shape index (κ2) is 7.74. The monoisotopic (exact) mass is 149 g/mol. The van der Waals surface area contributed by atoms with Gasteiger partial charge in [0.05, 0.1) is 5.71 Å². The Balaban J connectivity index is 0. The lowest BCUT2D eigenvalue weighted by Gasteiger charge is -1.81. The normalized spacial score (nSPS) is 9.60. The molecule has 0 bridgehead atoms.